The predicted molar refractivity (Wildman–Crippen MR) is 76.2 cm³/mol. The quantitative estimate of drug-likeness (QED) is 0.811. The molecular formula is C15H20N4O2. The zero-order valence-corrected chi connectivity index (χ0v) is 12.3. The van der Waals surface area contributed by atoms with Crippen LogP contribution in [0.15, 0.2) is 12.4 Å². The zero-order valence-electron chi connectivity index (χ0n) is 12.3. The normalized spacial score (nSPS) is 23.0. The van der Waals surface area contributed by atoms with Crippen molar-refractivity contribution in [1.82, 2.24) is 19.8 Å². The number of fused-ring (bicyclic) bond motifs is 1. The van der Waals surface area contributed by atoms with Crippen LogP contribution < -0.4 is 0 Å². The van der Waals surface area contributed by atoms with Gasteiger partial charge < -0.3 is 9.80 Å². The lowest BCUT2D eigenvalue weighted by Crippen LogP contribution is -2.49. The molecule has 0 radical (unpaired) electrons. The van der Waals surface area contributed by atoms with Crippen molar-refractivity contribution in [1.29, 1.82) is 0 Å². The molecule has 3 heterocycles. The highest BCUT2D eigenvalue weighted by Gasteiger charge is 2.37. The molecule has 2 fully saturated rings. The van der Waals surface area contributed by atoms with Gasteiger partial charge in [-0.2, -0.15) is 0 Å². The molecule has 1 aromatic heterocycles. The summed E-state index contributed by atoms with van der Waals surface area (Å²) in [5, 5.41) is 0. The van der Waals surface area contributed by atoms with Crippen LogP contribution in [0, 0.1) is 6.92 Å². The van der Waals surface area contributed by atoms with Crippen LogP contribution in [0.2, 0.25) is 0 Å². The van der Waals surface area contributed by atoms with Crippen molar-refractivity contribution in [2.24, 2.45) is 0 Å². The van der Waals surface area contributed by atoms with Crippen molar-refractivity contribution in [3.8, 4) is 0 Å². The van der Waals surface area contributed by atoms with Crippen molar-refractivity contribution < 1.29 is 9.59 Å². The van der Waals surface area contributed by atoms with Gasteiger partial charge in [-0.25, -0.2) is 0 Å². The lowest BCUT2D eigenvalue weighted by Gasteiger charge is -2.34. The topological polar surface area (TPSA) is 66.4 Å². The number of carbonyl (C=O) groups excluding carboxylic acids is 2. The molecule has 2 amide bonds. The van der Waals surface area contributed by atoms with Crippen molar-refractivity contribution in [3.05, 3.63) is 23.8 Å². The van der Waals surface area contributed by atoms with Crippen molar-refractivity contribution in [2.75, 3.05) is 13.1 Å². The van der Waals surface area contributed by atoms with Gasteiger partial charge in [-0.15, -0.1) is 0 Å². The van der Waals surface area contributed by atoms with Gasteiger partial charge in [0.1, 0.15) is 6.04 Å². The summed E-state index contributed by atoms with van der Waals surface area (Å²) in [5.41, 5.74) is 1.63. The number of hydrogen-bond donors (Lipinski definition) is 0. The van der Waals surface area contributed by atoms with Gasteiger partial charge in [-0.1, -0.05) is 0 Å². The largest absolute Gasteiger partial charge is 0.334 e. The van der Waals surface area contributed by atoms with Gasteiger partial charge in [0.25, 0.3) is 0 Å². The Labute approximate surface area is 124 Å². The smallest absolute Gasteiger partial charge is 0.245 e. The van der Waals surface area contributed by atoms with Crippen LogP contribution in [0.25, 0.3) is 0 Å². The van der Waals surface area contributed by atoms with E-state index in [4.69, 9.17) is 0 Å². The van der Waals surface area contributed by atoms with E-state index in [0.29, 0.717) is 26.1 Å². The van der Waals surface area contributed by atoms with Crippen molar-refractivity contribution in [3.63, 3.8) is 0 Å². The van der Waals surface area contributed by atoms with E-state index in [1.165, 1.54) is 0 Å². The zero-order chi connectivity index (χ0) is 14.8. The number of hydrogen-bond acceptors (Lipinski definition) is 4. The average molecular weight is 288 g/mol. The van der Waals surface area contributed by atoms with Crippen LogP contribution in [-0.2, 0) is 16.1 Å². The first-order valence-corrected chi connectivity index (χ1v) is 7.51. The number of aryl methyl sites for hydroxylation is 1. The molecule has 0 N–H and O–H groups in total. The Kier molecular flexibility index (Phi) is 3.86. The maximum Gasteiger partial charge on any atom is 0.245 e. The van der Waals surface area contributed by atoms with Crippen LogP contribution in [0.1, 0.15) is 37.1 Å². The third-order valence-electron chi connectivity index (χ3n) is 4.20. The highest BCUT2D eigenvalue weighted by molar-refractivity contribution is 5.90. The minimum atomic E-state index is -0.271. The summed E-state index contributed by atoms with van der Waals surface area (Å²) < 4.78 is 0. The third-order valence-corrected chi connectivity index (χ3v) is 4.20. The molecule has 112 valence electrons. The Balaban J connectivity index is 1.77. The van der Waals surface area contributed by atoms with E-state index in [-0.39, 0.29) is 17.9 Å². The lowest BCUT2D eigenvalue weighted by molar-refractivity contribution is -0.143. The molecule has 0 spiro atoms. The van der Waals surface area contributed by atoms with Gasteiger partial charge in [-0.3, -0.25) is 19.6 Å². The van der Waals surface area contributed by atoms with E-state index >= 15 is 0 Å². The molecule has 1 aromatic rings. The van der Waals surface area contributed by atoms with Gasteiger partial charge >= 0.3 is 0 Å². The van der Waals surface area contributed by atoms with Gasteiger partial charge in [0.2, 0.25) is 11.8 Å². The highest BCUT2D eigenvalue weighted by Crippen LogP contribution is 2.23. The molecule has 0 aliphatic carbocycles. The van der Waals surface area contributed by atoms with E-state index in [1.807, 2.05) is 6.92 Å². The van der Waals surface area contributed by atoms with E-state index in [0.717, 1.165) is 30.7 Å². The highest BCUT2D eigenvalue weighted by atomic mass is 16.2. The fraction of sp³-hybridized carbons (Fsp3) is 0.600. The Bertz CT molecular complexity index is 543. The average Bonchev–Trinajstić information content (AvgIpc) is 2.62. The third kappa shape index (κ3) is 2.89. The fourth-order valence-corrected chi connectivity index (χ4v) is 3.04. The Morgan fingerprint density at radius 1 is 1.19 bits per heavy atom. The van der Waals surface area contributed by atoms with E-state index in [9.17, 15) is 9.59 Å². The van der Waals surface area contributed by atoms with Crippen LogP contribution >= 0.6 is 0 Å². The Morgan fingerprint density at radius 3 is 2.81 bits per heavy atom. The van der Waals surface area contributed by atoms with Crippen LogP contribution in [-0.4, -0.2) is 50.7 Å². The van der Waals surface area contributed by atoms with Gasteiger partial charge in [0, 0.05) is 25.7 Å². The van der Waals surface area contributed by atoms with Gasteiger partial charge in [0.05, 0.1) is 24.1 Å². The van der Waals surface area contributed by atoms with Gasteiger partial charge in [0.15, 0.2) is 0 Å². The summed E-state index contributed by atoms with van der Waals surface area (Å²) in [7, 11) is 0. The SMILES string of the molecule is Cc1cnc(CN2CCC(=O)N3CCCCC3C2=O)cn1. The second-order valence-corrected chi connectivity index (χ2v) is 5.76. The predicted octanol–water partition coefficient (Wildman–Crippen LogP) is 0.898. The summed E-state index contributed by atoms with van der Waals surface area (Å²) in [6.07, 6.45) is 6.60. The molecule has 1 atom stereocenters. The van der Waals surface area contributed by atoms with Crippen LogP contribution in [0.3, 0.4) is 0 Å². The minimum Gasteiger partial charge on any atom is -0.334 e. The Hall–Kier alpha value is -1.98. The first-order chi connectivity index (χ1) is 10.1. The number of amides is 2. The Morgan fingerprint density at radius 2 is 2.05 bits per heavy atom. The summed E-state index contributed by atoms with van der Waals surface area (Å²) in [5.74, 6) is 0.161. The van der Waals surface area contributed by atoms with Gasteiger partial charge in [-0.05, 0) is 26.2 Å². The van der Waals surface area contributed by atoms with Crippen molar-refractivity contribution >= 4 is 11.8 Å². The van der Waals surface area contributed by atoms with E-state index < -0.39 is 0 Å². The molecule has 3 rings (SSSR count). The maximum atomic E-state index is 12.7. The second-order valence-electron chi connectivity index (χ2n) is 5.76. The summed E-state index contributed by atoms with van der Waals surface area (Å²) >= 11 is 0. The molecule has 6 nitrogen and oxygen atoms in total. The summed E-state index contributed by atoms with van der Waals surface area (Å²) in [6, 6.07) is -0.271. The minimum absolute atomic E-state index is 0.0583. The maximum absolute atomic E-state index is 12.7. The lowest BCUT2D eigenvalue weighted by atomic mass is 10.0. The fourth-order valence-electron chi connectivity index (χ4n) is 3.04. The van der Waals surface area contributed by atoms with E-state index in [1.54, 1.807) is 22.2 Å². The van der Waals surface area contributed by atoms with Crippen molar-refractivity contribution in [2.45, 2.75) is 45.2 Å². The monoisotopic (exact) mass is 288 g/mol. The molecular weight excluding hydrogens is 268 g/mol. The number of aromatic nitrogens is 2. The molecule has 6 heteroatoms. The standard InChI is InChI=1S/C15H20N4O2/c1-11-8-17-12(9-16-11)10-18-7-5-14(20)19-6-3-2-4-13(19)15(18)21/h8-9,13H,2-7,10H2,1H3. The molecule has 0 bridgehead atoms. The van der Waals surface area contributed by atoms with E-state index in [2.05, 4.69) is 9.97 Å². The van der Waals surface area contributed by atoms with Crippen LogP contribution in [0.5, 0.6) is 0 Å². The number of carbonyl (C=O) groups is 2. The number of nitrogens with zero attached hydrogens (tertiary/aromatic N) is 4. The molecule has 21 heavy (non-hydrogen) atoms. The first-order valence-electron chi connectivity index (χ1n) is 7.51. The van der Waals surface area contributed by atoms with Crippen LogP contribution in [0.4, 0.5) is 0 Å². The first kappa shape index (κ1) is 14.0. The molecule has 2 saturated heterocycles. The number of rotatable bonds is 2. The molecule has 1 unspecified atom stereocenters. The number of piperidine rings is 1. The molecule has 2 aliphatic heterocycles. The molecule has 0 saturated carbocycles. The molecule has 0 aromatic carbocycles. The second kappa shape index (κ2) is 5.79. The molecule has 2 aliphatic rings. The summed E-state index contributed by atoms with van der Waals surface area (Å²) in [4.78, 5) is 36.9. The summed E-state index contributed by atoms with van der Waals surface area (Å²) in [6.45, 7) is 3.50.